The minimum Gasteiger partial charge on any atom is -0.311 e. The third kappa shape index (κ3) is 5.98. The molecule has 0 spiro atoms. The van der Waals surface area contributed by atoms with E-state index in [-0.39, 0.29) is 16.2 Å². The molecule has 8 aromatic carbocycles. The zero-order chi connectivity index (χ0) is 40.7. The molecule has 0 fully saturated rings. The van der Waals surface area contributed by atoms with E-state index in [2.05, 4.69) is 235 Å². The zero-order valence-corrected chi connectivity index (χ0v) is 35.3. The Bertz CT molecular complexity index is 2880. The van der Waals surface area contributed by atoms with Crippen molar-refractivity contribution in [3.8, 4) is 55.6 Å². The molecule has 0 aromatic heterocycles. The molecule has 8 aromatic rings. The van der Waals surface area contributed by atoms with Gasteiger partial charge < -0.3 is 4.90 Å². The quantitative estimate of drug-likeness (QED) is 0.163. The van der Waals surface area contributed by atoms with Crippen molar-refractivity contribution in [2.45, 2.75) is 64.7 Å². The molecule has 1 nitrogen and oxygen atoms in total. The van der Waals surface area contributed by atoms with Gasteiger partial charge in [0.1, 0.15) is 0 Å². The van der Waals surface area contributed by atoms with E-state index in [0.717, 1.165) is 17.1 Å². The molecule has 0 saturated carbocycles. The molecule has 59 heavy (non-hydrogen) atoms. The van der Waals surface area contributed by atoms with Crippen LogP contribution < -0.4 is 4.90 Å². The summed E-state index contributed by atoms with van der Waals surface area (Å²) in [6.07, 6.45) is 0. The fourth-order valence-electron chi connectivity index (χ4n) is 10.1. The summed E-state index contributed by atoms with van der Waals surface area (Å²) >= 11 is 0. The molecule has 0 heterocycles. The average molecular weight is 762 g/mol. The molecule has 0 saturated heterocycles. The van der Waals surface area contributed by atoms with E-state index < -0.39 is 0 Å². The maximum Gasteiger partial charge on any atom is 0.0462 e. The summed E-state index contributed by atoms with van der Waals surface area (Å²) in [7, 11) is 0. The van der Waals surface area contributed by atoms with Gasteiger partial charge in [-0.3, -0.25) is 0 Å². The van der Waals surface area contributed by atoms with Gasteiger partial charge in [-0.1, -0.05) is 188 Å². The van der Waals surface area contributed by atoms with Crippen molar-refractivity contribution < 1.29 is 0 Å². The molecule has 288 valence electrons. The second kappa shape index (κ2) is 13.6. The number of benzene rings is 8. The van der Waals surface area contributed by atoms with E-state index in [1.165, 1.54) is 83.5 Å². The smallest absolute Gasteiger partial charge is 0.0462 e. The maximum absolute atomic E-state index is 2.41. The van der Waals surface area contributed by atoms with Crippen LogP contribution in [0.2, 0.25) is 0 Å². The first kappa shape index (κ1) is 36.9. The summed E-state index contributed by atoms with van der Waals surface area (Å²) in [6, 6.07) is 67.9. The first-order valence-corrected chi connectivity index (χ1v) is 21.1. The topological polar surface area (TPSA) is 3.24 Å². The summed E-state index contributed by atoms with van der Waals surface area (Å²) in [5, 5.41) is 0. The molecular formula is C58H51N. The molecule has 10 rings (SSSR count). The van der Waals surface area contributed by atoms with Gasteiger partial charge in [-0.2, -0.15) is 0 Å². The summed E-state index contributed by atoms with van der Waals surface area (Å²) in [6.45, 7) is 16.3. The highest BCUT2D eigenvalue weighted by Crippen LogP contribution is 2.53. The predicted molar refractivity (Wildman–Crippen MR) is 251 cm³/mol. The number of hydrogen-bond acceptors (Lipinski definition) is 1. The molecule has 0 bridgehead atoms. The summed E-state index contributed by atoms with van der Waals surface area (Å²) in [5.74, 6) is 0. The highest BCUT2D eigenvalue weighted by atomic mass is 15.1. The summed E-state index contributed by atoms with van der Waals surface area (Å²) < 4.78 is 0. The normalized spacial score (nSPS) is 14.3. The predicted octanol–water partition coefficient (Wildman–Crippen LogP) is 16.1. The van der Waals surface area contributed by atoms with E-state index >= 15 is 0 Å². The van der Waals surface area contributed by atoms with Crippen LogP contribution in [0.1, 0.15) is 76.3 Å². The lowest BCUT2D eigenvalue weighted by Crippen LogP contribution is -2.16. The van der Waals surface area contributed by atoms with Gasteiger partial charge in [-0.05, 0) is 131 Å². The van der Waals surface area contributed by atoms with Crippen LogP contribution in [-0.4, -0.2) is 0 Å². The standard InChI is InChI=1S/C58H51N/c1-56(2,3)41-28-34-44(35-29-41)59(42-30-23-38(24-31-42)40-27-36-49-47-17-10-12-21-52(47)57(4,5)54(49)37-40)43-32-25-39(26-33-43)45-15-8-9-16-46(45)50-19-14-20-51-48-18-11-13-22-53(48)58(6,7)55(50)51/h8-37H,1-7H3. The Balaban J connectivity index is 1.02. The van der Waals surface area contributed by atoms with Crippen molar-refractivity contribution in [1.29, 1.82) is 0 Å². The first-order chi connectivity index (χ1) is 28.4. The van der Waals surface area contributed by atoms with Gasteiger partial charge in [0, 0.05) is 27.9 Å². The van der Waals surface area contributed by atoms with Crippen LogP contribution in [0.25, 0.3) is 55.6 Å². The van der Waals surface area contributed by atoms with Crippen molar-refractivity contribution >= 4 is 17.1 Å². The van der Waals surface area contributed by atoms with Crippen molar-refractivity contribution in [3.05, 3.63) is 210 Å². The van der Waals surface area contributed by atoms with Gasteiger partial charge in [0.2, 0.25) is 0 Å². The van der Waals surface area contributed by atoms with Crippen LogP contribution in [0.15, 0.2) is 182 Å². The second-order valence-electron chi connectivity index (χ2n) is 18.6. The molecule has 0 aliphatic heterocycles. The van der Waals surface area contributed by atoms with Gasteiger partial charge in [-0.25, -0.2) is 0 Å². The van der Waals surface area contributed by atoms with Crippen LogP contribution in [0, 0.1) is 0 Å². The first-order valence-electron chi connectivity index (χ1n) is 21.1. The zero-order valence-electron chi connectivity index (χ0n) is 35.3. The largest absolute Gasteiger partial charge is 0.311 e. The van der Waals surface area contributed by atoms with Gasteiger partial charge in [0.15, 0.2) is 0 Å². The average Bonchev–Trinajstić information content (AvgIpc) is 3.63. The van der Waals surface area contributed by atoms with Crippen LogP contribution in [0.3, 0.4) is 0 Å². The van der Waals surface area contributed by atoms with E-state index in [1.807, 2.05) is 0 Å². The Morgan fingerprint density at radius 1 is 0.339 bits per heavy atom. The molecule has 0 N–H and O–H groups in total. The molecule has 0 unspecified atom stereocenters. The molecular weight excluding hydrogens is 711 g/mol. The fourth-order valence-corrected chi connectivity index (χ4v) is 10.1. The van der Waals surface area contributed by atoms with E-state index in [4.69, 9.17) is 0 Å². The number of anilines is 3. The minimum atomic E-state index is -0.0962. The Kier molecular flexibility index (Phi) is 8.48. The summed E-state index contributed by atoms with van der Waals surface area (Å²) in [4.78, 5) is 2.39. The van der Waals surface area contributed by atoms with Crippen molar-refractivity contribution in [3.63, 3.8) is 0 Å². The SMILES string of the molecule is CC(C)(C)c1ccc(N(c2ccc(-c3ccc4c(c3)C(C)(C)c3ccccc3-4)cc2)c2ccc(-c3ccccc3-c3cccc4c3C(C)(C)c3ccccc3-4)cc2)cc1. The van der Waals surface area contributed by atoms with Gasteiger partial charge in [0.05, 0.1) is 0 Å². The monoisotopic (exact) mass is 761 g/mol. The van der Waals surface area contributed by atoms with Crippen LogP contribution >= 0.6 is 0 Å². The van der Waals surface area contributed by atoms with Gasteiger partial charge in [-0.15, -0.1) is 0 Å². The molecule has 0 amide bonds. The number of fused-ring (bicyclic) bond motifs is 6. The van der Waals surface area contributed by atoms with Crippen LogP contribution in [0.4, 0.5) is 17.1 Å². The molecule has 2 aliphatic rings. The van der Waals surface area contributed by atoms with E-state index in [0.29, 0.717) is 0 Å². The lowest BCUT2D eigenvalue weighted by atomic mass is 9.78. The Morgan fingerprint density at radius 2 is 0.763 bits per heavy atom. The van der Waals surface area contributed by atoms with Gasteiger partial charge in [0.25, 0.3) is 0 Å². The summed E-state index contributed by atoms with van der Waals surface area (Å²) in [5.41, 5.74) is 23.1. The Hall–Kier alpha value is -6.44. The van der Waals surface area contributed by atoms with E-state index in [1.54, 1.807) is 0 Å². The third-order valence-electron chi connectivity index (χ3n) is 13.3. The van der Waals surface area contributed by atoms with Crippen molar-refractivity contribution in [2.24, 2.45) is 0 Å². The second-order valence-corrected chi connectivity index (χ2v) is 18.6. The molecule has 0 radical (unpaired) electrons. The Morgan fingerprint density at radius 3 is 1.36 bits per heavy atom. The lowest BCUT2D eigenvalue weighted by molar-refractivity contribution is 0.590. The lowest BCUT2D eigenvalue weighted by Gasteiger charge is -2.27. The van der Waals surface area contributed by atoms with Crippen molar-refractivity contribution in [2.75, 3.05) is 4.90 Å². The Labute approximate surface area is 350 Å². The van der Waals surface area contributed by atoms with Crippen molar-refractivity contribution in [1.82, 2.24) is 0 Å². The van der Waals surface area contributed by atoms with Crippen LogP contribution in [-0.2, 0) is 16.2 Å². The third-order valence-corrected chi connectivity index (χ3v) is 13.3. The highest BCUT2D eigenvalue weighted by Gasteiger charge is 2.38. The van der Waals surface area contributed by atoms with E-state index in [9.17, 15) is 0 Å². The highest BCUT2D eigenvalue weighted by molar-refractivity contribution is 5.93. The van der Waals surface area contributed by atoms with Crippen LogP contribution in [0.5, 0.6) is 0 Å². The van der Waals surface area contributed by atoms with Gasteiger partial charge >= 0.3 is 0 Å². The number of nitrogens with zero attached hydrogens (tertiary/aromatic N) is 1. The molecule has 2 aliphatic carbocycles. The number of hydrogen-bond donors (Lipinski definition) is 0. The fraction of sp³-hybridized carbons (Fsp3) is 0.172. The molecule has 1 heteroatoms. The minimum absolute atomic E-state index is 0.0336. The molecule has 0 atom stereocenters. The number of rotatable bonds is 6. The maximum atomic E-state index is 2.41.